The quantitative estimate of drug-likeness (QED) is 0.832. The molecule has 0 amide bonds. The lowest BCUT2D eigenvalue weighted by atomic mass is 10.2. The van der Waals surface area contributed by atoms with Crippen molar-refractivity contribution in [1.82, 2.24) is 0 Å². The molecule has 1 aliphatic rings. The summed E-state index contributed by atoms with van der Waals surface area (Å²) in [6.07, 6.45) is 1.11. The van der Waals surface area contributed by atoms with Crippen molar-refractivity contribution in [2.75, 3.05) is 16.8 Å². The summed E-state index contributed by atoms with van der Waals surface area (Å²) in [5.74, 6) is 2.22. The molecule has 0 aromatic heterocycles. The van der Waals surface area contributed by atoms with Gasteiger partial charge in [-0.05, 0) is 48.2 Å². The van der Waals surface area contributed by atoms with Crippen LogP contribution >= 0.6 is 23.5 Å². The Balaban J connectivity index is 1.93. The van der Waals surface area contributed by atoms with E-state index in [4.69, 9.17) is 0 Å². The average molecular weight is 279 g/mol. The summed E-state index contributed by atoms with van der Waals surface area (Å²) in [5, 5.41) is 3.32. The summed E-state index contributed by atoms with van der Waals surface area (Å²) in [4.78, 5) is 0.226. The van der Waals surface area contributed by atoms with Gasteiger partial charge in [0, 0.05) is 22.4 Å². The van der Waals surface area contributed by atoms with Crippen LogP contribution in [0.5, 0.6) is 0 Å². The van der Waals surface area contributed by atoms with E-state index in [9.17, 15) is 13.2 Å². The van der Waals surface area contributed by atoms with E-state index >= 15 is 0 Å². The van der Waals surface area contributed by atoms with Crippen LogP contribution in [0.4, 0.5) is 18.9 Å². The SMILES string of the molecule is FC(F)(F)Sc1ccc(NC2CCSC2)cc1. The lowest BCUT2D eigenvalue weighted by Gasteiger charge is -2.13. The molecule has 0 bridgehead atoms. The molecule has 1 unspecified atom stereocenters. The van der Waals surface area contributed by atoms with Crippen LogP contribution in [-0.4, -0.2) is 23.1 Å². The molecule has 1 heterocycles. The number of nitrogens with one attached hydrogen (secondary N) is 1. The molecule has 1 fully saturated rings. The molecule has 1 saturated heterocycles. The zero-order valence-electron chi connectivity index (χ0n) is 8.96. The third-order valence-corrected chi connectivity index (χ3v) is 4.29. The summed E-state index contributed by atoms with van der Waals surface area (Å²) in [7, 11) is 0. The van der Waals surface area contributed by atoms with E-state index in [1.165, 1.54) is 12.1 Å². The number of alkyl halides is 3. The third-order valence-electron chi connectivity index (χ3n) is 2.39. The molecule has 1 aliphatic heterocycles. The summed E-state index contributed by atoms with van der Waals surface area (Å²) >= 11 is 1.82. The van der Waals surface area contributed by atoms with E-state index in [-0.39, 0.29) is 16.7 Å². The van der Waals surface area contributed by atoms with Crippen LogP contribution in [0.15, 0.2) is 29.2 Å². The van der Waals surface area contributed by atoms with Gasteiger partial charge < -0.3 is 5.32 Å². The molecule has 0 saturated carbocycles. The van der Waals surface area contributed by atoms with E-state index in [0.29, 0.717) is 6.04 Å². The highest BCUT2D eigenvalue weighted by Gasteiger charge is 2.29. The molecular formula is C11H12F3NS2. The van der Waals surface area contributed by atoms with Crippen LogP contribution in [0.25, 0.3) is 0 Å². The fourth-order valence-corrected chi connectivity index (χ4v) is 3.33. The van der Waals surface area contributed by atoms with E-state index in [0.717, 1.165) is 23.6 Å². The van der Waals surface area contributed by atoms with Gasteiger partial charge in [-0.15, -0.1) is 0 Å². The lowest BCUT2D eigenvalue weighted by Crippen LogP contribution is -2.17. The minimum Gasteiger partial charge on any atom is -0.381 e. The van der Waals surface area contributed by atoms with Gasteiger partial charge in [0.1, 0.15) is 0 Å². The van der Waals surface area contributed by atoms with Gasteiger partial charge in [0.15, 0.2) is 0 Å². The number of hydrogen-bond acceptors (Lipinski definition) is 3. The number of rotatable bonds is 3. The summed E-state index contributed by atoms with van der Waals surface area (Å²) in [5.41, 5.74) is -3.32. The molecular weight excluding hydrogens is 267 g/mol. The van der Waals surface area contributed by atoms with Crippen LogP contribution in [0, 0.1) is 0 Å². The Bertz CT molecular complexity index is 358. The molecule has 1 aromatic rings. The molecule has 1 aromatic carbocycles. The van der Waals surface area contributed by atoms with Gasteiger partial charge in [-0.3, -0.25) is 0 Å². The van der Waals surface area contributed by atoms with Crippen molar-refractivity contribution in [3.05, 3.63) is 24.3 Å². The van der Waals surface area contributed by atoms with Gasteiger partial charge in [-0.2, -0.15) is 24.9 Å². The van der Waals surface area contributed by atoms with Crippen molar-refractivity contribution >= 4 is 29.2 Å². The molecule has 0 radical (unpaired) electrons. The van der Waals surface area contributed by atoms with Gasteiger partial charge in [-0.1, -0.05) is 0 Å². The molecule has 0 aliphatic carbocycles. The van der Waals surface area contributed by atoms with Crippen LogP contribution in [0.2, 0.25) is 0 Å². The summed E-state index contributed by atoms with van der Waals surface area (Å²) < 4.78 is 36.3. The predicted molar refractivity (Wildman–Crippen MR) is 67.7 cm³/mol. The predicted octanol–water partition coefficient (Wildman–Crippen LogP) is 4.22. The minimum absolute atomic E-state index is 0.0797. The zero-order chi connectivity index (χ0) is 12.3. The van der Waals surface area contributed by atoms with Gasteiger partial charge in [-0.25, -0.2) is 0 Å². The van der Waals surface area contributed by atoms with Gasteiger partial charge >= 0.3 is 5.51 Å². The van der Waals surface area contributed by atoms with Crippen LogP contribution in [0.3, 0.4) is 0 Å². The summed E-state index contributed by atoms with van der Waals surface area (Å²) in [6, 6.07) is 6.86. The van der Waals surface area contributed by atoms with E-state index in [1.807, 2.05) is 11.8 Å². The first-order valence-electron chi connectivity index (χ1n) is 5.23. The zero-order valence-corrected chi connectivity index (χ0v) is 10.6. The maximum atomic E-state index is 12.1. The second kappa shape index (κ2) is 5.44. The monoisotopic (exact) mass is 279 g/mol. The van der Waals surface area contributed by atoms with E-state index < -0.39 is 5.51 Å². The van der Waals surface area contributed by atoms with E-state index in [2.05, 4.69) is 5.32 Å². The second-order valence-corrected chi connectivity index (χ2v) is 6.07. The standard InChI is InChI=1S/C11H12F3NS2/c12-11(13,14)17-10-3-1-8(2-4-10)15-9-5-6-16-7-9/h1-4,9,15H,5-7H2. The molecule has 6 heteroatoms. The Labute approximate surface area is 107 Å². The van der Waals surface area contributed by atoms with Crippen molar-refractivity contribution in [3.8, 4) is 0 Å². The highest BCUT2D eigenvalue weighted by molar-refractivity contribution is 8.00. The molecule has 94 valence electrons. The van der Waals surface area contributed by atoms with Crippen LogP contribution < -0.4 is 5.32 Å². The average Bonchev–Trinajstić information content (AvgIpc) is 2.71. The molecule has 0 spiro atoms. The Kier molecular flexibility index (Phi) is 4.14. The van der Waals surface area contributed by atoms with Crippen molar-refractivity contribution in [2.45, 2.75) is 22.9 Å². The number of hydrogen-bond donors (Lipinski definition) is 1. The Morgan fingerprint density at radius 3 is 2.47 bits per heavy atom. The number of thioether (sulfide) groups is 2. The normalized spacial score (nSPS) is 20.5. The van der Waals surface area contributed by atoms with Gasteiger partial charge in [0.2, 0.25) is 0 Å². The largest absolute Gasteiger partial charge is 0.446 e. The molecule has 2 rings (SSSR count). The van der Waals surface area contributed by atoms with Crippen LogP contribution in [-0.2, 0) is 0 Å². The van der Waals surface area contributed by atoms with Crippen molar-refractivity contribution in [2.24, 2.45) is 0 Å². The lowest BCUT2D eigenvalue weighted by molar-refractivity contribution is -0.0328. The van der Waals surface area contributed by atoms with Crippen molar-refractivity contribution in [1.29, 1.82) is 0 Å². The first-order chi connectivity index (χ1) is 8.03. The molecule has 1 nitrogen and oxygen atoms in total. The topological polar surface area (TPSA) is 12.0 Å². The Morgan fingerprint density at radius 1 is 1.24 bits per heavy atom. The smallest absolute Gasteiger partial charge is 0.381 e. The van der Waals surface area contributed by atoms with Crippen molar-refractivity contribution < 1.29 is 13.2 Å². The third kappa shape index (κ3) is 4.35. The highest BCUT2D eigenvalue weighted by atomic mass is 32.2. The second-order valence-electron chi connectivity index (χ2n) is 3.78. The van der Waals surface area contributed by atoms with E-state index in [1.54, 1.807) is 12.1 Å². The fourth-order valence-electron chi connectivity index (χ4n) is 1.64. The highest BCUT2D eigenvalue weighted by Crippen LogP contribution is 2.37. The van der Waals surface area contributed by atoms with Gasteiger partial charge in [0.25, 0.3) is 0 Å². The molecule has 1 atom stereocenters. The first-order valence-corrected chi connectivity index (χ1v) is 7.20. The maximum absolute atomic E-state index is 12.1. The minimum atomic E-state index is -4.21. The Hall–Kier alpha value is -0.490. The van der Waals surface area contributed by atoms with Crippen LogP contribution in [0.1, 0.15) is 6.42 Å². The molecule has 17 heavy (non-hydrogen) atoms. The number of halogens is 3. The first kappa shape index (κ1) is 13.0. The number of benzene rings is 1. The van der Waals surface area contributed by atoms with Gasteiger partial charge in [0.05, 0.1) is 0 Å². The van der Waals surface area contributed by atoms with Crippen molar-refractivity contribution in [3.63, 3.8) is 0 Å². The Morgan fingerprint density at radius 2 is 1.94 bits per heavy atom. The molecule has 1 N–H and O–H groups in total. The number of anilines is 1. The fraction of sp³-hybridized carbons (Fsp3) is 0.455. The summed E-state index contributed by atoms with van der Waals surface area (Å²) in [6.45, 7) is 0. The maximum Gasteiger partial charge on any atom is 0.446 e.